The van der Waals surface area contributed by atoms with Crippen LogP contribution in [0.4, 0.5) is 0 Å². The summed E-state index contributed by atoms with van der Waals surface area (Å²) in [6.45, 7) is 14.2. The van der Waals surface area contributed by atoms with E-state index in [0.717, 1.165) is 0 Å². The third-order valence-electron chi connectivity index (χ3n) is 3.73. The monoisotopic (exact) mass is 300 g/mol. The summed E-state index contributed by atoms with van der Waals surface area (Å²) in [5.74, 6) is 0.265. The van der Waals surface area contributed by atoms with Crippen molar-refractivity contribution in [3.8, 4) is 0 Å². The van der Waals surface area contributed by atoms with Crippen molar-refractivity contribution in [1.29, 1.82) is 0 Å². The first-order valence-corrected chi connectivity index (χ1v) is 7.99. The summed E-state index contributed by atoms with van der Waals surface area (Å²) in [4.78, 5) is 24.8. The highest BCUT2D eigenvalue weighted by Crippen LogP contribution is 2.31. The molecular weight excluding hydrogens is 268 g/mol. The molecule has 0 saturated heterocycles. The quantitative estimate of drug-likeness (QED) is 0.432. The van der Waals surface area contributed by atoms with Crippen LogP contribution in [0.3, 0.4) is 0 Å². The van der Waals surface area contributed by atoms with Gasteiger partial charge in [0, 0.05) is 0 Å². The zero-order valence-corrected chi connectivity index (χ0v) is 14.7. The van der Waals surface area contributed by atoms with Crippen LogP contribution in [-0.4, -0.2) is 31.1 Å². The lowest BCUT2D eigenvalue weighted by Gasteiger charge is -2.31. The average molecular weight is 300 g/mol. The highest BCUT2D eigenvalue weighted by Gasteiger charge is 2.44. The molecule has 0 N–H and O–H groups in total. The molecule has 4 heteroatoms. The first-order valence-electron chi connectivity index (χ1n) is 7.99. The maximum absolute atomic E-state index is 12.8. The van der Waals surface area contributed by atoms with Crippen LogP contribution in [0.25, 0.3) is 0 Å². The molecule has 21 heavy (non-hydrogen) atoms. The van der Waals surface area contributed by atoms with E-state index in [1.165, 1.54) is 6.92 Å². The molecule has 0 aromatic heterocycles. The largest absolute Gasteiger partial charge is 0.346 e. The van der Waals surface area contributed by atoms with Gasteiger partial charge in [-0.2, -0.15) is 0 Å². The van der Waals surface area contributed by atoms with Crippen molar-refractivity contribution in [3.63, 3.8) is 0 Å². The third-order valence-corrected chi connectivity index (χ3v) is 3.73. The van der Waals surface area contributed by atoms with Gasteiger partial charge in [-0.25, -0.2) is 0 Å². The van der Waals surface area contributed by atoms with Crippen molar-refractivity contribution in [2.24, 2.45) is 17.3 Å². The molecular formula is C17H32O4. The fraction of sp³-hybridized carbons (Fsp3) is 0.882. The highest BCUT2D eigenvalue weighted by molar-refractivity contribution is 6.07. The molecule has 0 radical (unpaired) electrons. The normalized spacial score (nSPS) is 12.5. The zero-order chi connectivity index (χ0) is 16.6. The van der Waals surface area contributed by atoms with Gasteiger partial charge in [0.2, 0.25) is 12.1 Å². The van der Waals surface area contributed by atoms with Gasteiger partial charge >= 0.3 is 0 Å². The predicted octanol–water partition coefficient (Wildman–Crippen LogP) is 3.62. The van der Waals surface area contributed by atoms with E-state index in [4.69, 9.17) is 9.47 Å². The molecule has 4 nitrogen and oxygen atoms in total. The van der Waals surface area contributed by atoms with Crippen molar-refractivity contribution in [2.45, 2.75) is 67.6 Å². The van der Waals surface area contributed by atoms with E-state index in [1.54, 1.807) is 0 Å². The summed E-state index contributed by atoms with van der Waals surface area (Å²) >= 11 is 0. The molecule has 0 amide bonds. The molecule has 0 heterocycles. The highest BCUT2D eigenvalue weighted by atomic mass is 16.7. The Morgan fingerprint density at radius 2 is 1.29 bits per heavy atom. The smallest absolute Gasteiger partial charge is 0.218 e. The van der Waals surface area contributed by atoms with E-state index in [2.05, 4.69) is 0 Å². The maximum Gasteiger partial charge on any atom is 0.218 e. The summed E-state index contributed by atoms with van der Waals surface area (Å²) in [5.41, 5.74) is -0.987. The van der Waals surface area contributed by atoms with E-state index < -0.39 is 11.7 Å². The summed E-state index contributed by atoms with van der Waals surface area (Å²) in [6, 6.07) is 0. The van der Waals surface area contributed by atoms with E-state index in [9.17, 15) is 9.59 Å². The molecule has 0 aromatic carbocycles. The van der Waals surface area contributed by atoms with Crippen molar-refractivity contribution in [2.75, 3.05) is 13.2 Å². The fourth-order valence-electron chi connectivity index (χ4n) is 2.25. The summed E-state index contributed by atoms with van der Waals surface area (Å²) in [6.07, 6.45) is 0.00712. The number of ketones is 2. The molecule has 0 aliphatic heterocycles. The first-order chi connectivity index (χ1) is 9.71. The average Bonchev–Trinajstić information content (AvgIpc) is 2.39. The Morgan fingerprint density at radius 1 is 0.905 bits per heavy atom. The standard InChI is InChI=1S/C17H32O4/c1-8-17(9-2,14(7)18)15(19)16(20-10-12(3)4)21-11-13(5)6/h12-13,16H,8-11H2,1-7H3. The molecule has 0 aliphatic rings. The van der Waals surface area contributed by atoms with Crippen molar-refractivity contribution in [1.82, 2.24) is 0 Å². The topological polar surface area (TPSA) is 52.6 Å². The molecule has 0 unspecified atom stereocenters. The zero-order valence-electron chi connectivity index (χ0n) is 14.7. The van der Waals surface area contributed by atoms with Crippen LogP contribution in [-0.2, 0) is 19.1 Å². The Kier molecular flexibility index (Phi) is 8.98. The molecule has 0 aliphatic carbocycles. The van der Waals surface area contributed by atoms with Gasteiger partial charge < -0.3 is 9.47 Å². The van der Waals surface area contributed by atoms with Gasteiger partial charge in [0.15, 0.2) is 0 Å². The Hall–Kier alpha value is -0.740. The molecule has 0 saturated carbocycles. The minimum Gasteiger partial charge on any atom is -0.346 e. The number of hydrogen-bond acceptors (Lipinski definition) is 4. The summed E-state index contributed by atoms with van der Waals surface area (Å²) < 4.78 is 11.3. The summed E-state index contributed by atoms with van der Waals surface area (Å²) in [7, 11) is 0. The van der Waals surface area contributed by atoms with Crippen LogP contribution >= 0.6 is 0 Å². The Bertz CT molecular complexity index is 318. The molecule has 124 valence electrons. The first kappa shape index (κ1) is 20.3. The Labute approximate surface area is 129 Å². The lowest BCUT2D eigenvalue weighted by atomic mass is 9.74. The number of carbonyl (C=O) groups excluding carboxylic acids is 2. The van der Waals surface area contributed by atoms with E-state index in [0.29, 0.717) is 37.9 Å². The van der Waals surface area contributed by atoms with Gasteiger partial charge in [0.1, 0.15) is 5.78 Å². The molecule has 0 bridgehead atoms. The third kappa shape index (κ3) is 5.87. The van der Waals surface area contributed by atoms with Gasteiger partial charge in [-0.05, 0) is 31.6 Å². The van der Waals surface area contributed by atoms with Crippen LogP contribution in [0.2, 0.25) is 0 Å². The second-order valence-electron chi connectivity index (χ2n) is 6.50. The Balaban J connectivity index is 5.17. The van der Waals surface area contributed by atoms with Crippen LogP contribution < -0.4 is 0 Å². The SMILES string of the molecule is CCC(CC)(C(C)=O)C(=O)C(OCC(C)C)OCC(C)C. The van der Waals surface area contributed by atoms with Gasteiger partial charge in [-0.1, -0.05) is 41.5 Å². The van der Waals surface area contributed by atoms with Gasteiger partial charge in [-0.15, -0.1) is 0 Å². The number of hydrogen-bond donors (Lipinski definition) is 0. The maximum atomic E-state index is 12.8. The second kappa shape index (κ2) is 9.31. The van der Waals surface area contributed by atoms with Crippen molar-refractivity contribution in [3.05, 3.63) is 0 Å². The van der Waals surface area contributed by atoms with Crippen LogP contribution in [0.5, 0.6) is 0 Å². The number of Topliss-reactive ketones (excluding diaryl/α,β-unsaturated/α-hetero) is 2. The minimum atomic E-state index is -0.987. The number of ether oxygens (including phenoxy) is 2. The lowest BCUT2D eigenvalue weighted by Crippen LogP contribution is -2.46. The molecule has 0 rings (SSSR count). The van der Waals surface area contributed by atoms with E-state index in [-0.39, 0.29) is 11.6 Å². The molecule has 0 fully saturated rings. The van der Waals surface area contributed by atoms with Gasteiger partial charge in [-0.3, -0.25) is 9.59 Å². The van der Waals surface area contributed by atoms with Gasteiger partial charge in [0.25, 0.3) is 0 Å². The minimum absolute atomic E-state index is 0.108. The second-order valence-corrected chi connectivity index (χ2v) is 6.50. The van der Waals surface area contributed by atoms with Crippen molar-refractivity contribution < 1.29 is 19.1 Å². The lowest BCUT2D eigenvalue weighted by molar-refractivity contribution is -0.185. The molecule has 0 aromatic rings. The fourth-order valence-corrected chi connectivity index (χ4v) is 2.25. The van der Waals surface area contributed by atoms with Crippen LogP contribution in [0.15, 0.2) is 0 Å². The van der Waals surface area contributed by atoms with Gasteiger partial charge in [0.05, 0.1) is 18.6 Å². The predicted molar refractivity (Wildman–Crippen MR) is 84.1 cm³/mol. The molecule has 0 atom stereocenters. The number of rotatable bonds is 11. The van der Waals surface area contributed by atoms with Crippen LogP contribution in [0, 0.1) is 17.3 Å². The molecule has 0 spiro atoms. The summed E-state index contributed by atoms with van der Waals surface area (Å²) in [5, 5.41) is 0. The van der Waals surface area contributed by atoms with E-state index >= 15 is 0 Å². The van der Waals surface area contributed by atoms with E-state index in [1.807, 2.05) is 41.5 Å². The number of carbonyl (C=O) groups is 2. The van der Waals surface area contributed by atoms with Crippen molar-refractivity contribution >= 4 is 11.6 Å². The Morgan fingerprint density at radius 3 is 1.52 bits per heavy atom. The van der Waals surface area contributed by atoms with Crippen LogP contribution in [0.1, 0.15) is 61.3 Å².